The summed E-state index contributed by atoms with van der Waals surface area (Å²) in [6.45, 7) is 0.791. The number of carbonyl (C=O) groups excluding carboxylic acids is 1. The lowest BCUT2D eigenvalue weighted by Gasteiger charge is -2.25. The van der Waals surface area contributed by atoms with Gasteiger partial charge in [-0.05, 0) is 54.8 Å². The third kappa shape index (κ3) is 4.02. The Hall–Kier alpha value is -2.76. The van der Waals surface area contributed by atoms with E-state index in [1.807, 2.05) is 36.2 Å². The summed E-state index contributed by atoms with van der Waals surface area (Å²) in [7, 11) is 3.46. The van der Waals surface area contributed by atoms with E-state index in [0.29, 0.717) is 5.75 Å². The van der Waals surface area contributed by atoms with Gasteiger partial charge in [0.25, 0.3) is 5.91 Å². The number of likely N-dealkylation sites (tertiary alicyclic amines) is 1. The average molecular weight is 341 g/mol. The smallest absolute Gasteiger partial charge is 0.261 e. The number of rotatable bonds is 6. The van der Waals surface area contributed by atoms with E-state index in [-0.39, 0.29) is 18.6 Å². The lowest BCUT2D eigenvalue weighted by Crippen LogP contribution is -2.34. The Morgan fingerprint density at radius 1 is 1.28 bits per heavy atom. The summed E-state index contributed by atoms with van der Waals surface area (Å²) in [6.07, 6.45) is 3.73. The summed E-state index contributed by atoms with van der Waals surface area (Å²) >= 11 is 0. The van der Waals surface area contributed by atoms with Crippen LogP contribution in [0.5, 0.6) is 11.5 Å². The van der Waals surface area contributed by atoms with Gasteiger partial charge in [-0.25, -0.2) is 4.98 Å². The molecule has 1 saturated heterocycles. The molecule has 1 fully saturated rings. The van der Waals surface area contributed by atoms with Crippen molar-refractivity contribution < 1.29 is 14.3 Å². The molecule has 1 aliphatic heterocycles. The Kier molecular flexibility index (Phi) is 5.38. The fourth-order valence-electron chi connectivity index (χ4n) is 3.10. The number of aromatic nitrogens is 1. The molecule has 0 saturated carbocycles. The number of methoxy groups -OCH3 is 1. The number of pyridine rings is 1. The summed E-state index contributed by atoms with van der Waals surface area (Å²) in [5.74, 6) is 2.23. The van der Waals surface area contributed by atoms with Crippen molar-refractivity contribution in [3.05, 3.63) is 48.2 Å². The molecule has 25 heavy (non-hydrogen) atoms. The Bertz CT molecular complexity index is 718. The van der Waals surface area contributed by atoms with Crippen molar-refractivity contribution in [3.63, 3.8) is 0 Å². The summed E-state index contributed by atoms with van der Waals surface area (Å²) in [5, 5.41) is 3.04. The topological polar surface area (TPSA) is 63.7 Å². The molecule has 6 heteroatoms. The standard InChI is InChI=1S/C19H23N3O3/c1-20-18-12-14(9-10-21-18)17-4-3-11-22(17)19(23)13-25-16-7-5-15(24-2)6-8-16/h5-10,12,17H,3-4,11,13H2,1-2H3,(H,20,21)/t17-/m0/s1. The molecular formula is C19H23N3O3. The van der Waals surface area contributed by atoms with Gasteiger partial charge in [0.1, 0.15) is 17.3 Å². The summed E-state index contributed by atoms with van der Waals surface area (Å²) in [5.41, 5.74) is 1.11. The zero-order chi connectivity index (χ0) is 17.6. The van der Waals surface area contributed by atoms with Crippen LogP contribution in [0.15, 0.2) is 42.6 Å². The second-order valence-electron chi connectivity index (χ2n) is 5.93. The molecule has 1 aromatic carbocycles. The first-order valence-corrected chi connectivity index (χ1v) is 8.41. The molecule has 2 heterocycles. The number of anilines is 1. The van der Waals surface area contributed by atoms with Crippen LogP contribution in [0, 0.1) is 0 Å². The minimum atomic E-state index is 0.00105. The van der Waals surface area contributed by atoms with Crippen molar-refractivity contribution in [1.29, 1.82) is 0 Å². The zero-order valence-electron chi connectivity index (χ0n) is 14.6. The van der Waals surface area contributed by atoms with Crippen molar-refractivity contribution in [2.75, 3.05) is 32.6 Å². The van der Waals surface area contributed by atoms with Gasteiger partial charge in [0, 0.05) is 19.8 Å². The lowest BCUT2D eigenvalue weighted by molar-refractivity contribution is -0.134. The fourth-order valence-corrected chi connectivity index (χ4v) is 3.10. The molecule has 0 unspecified atom stereocenters. The summed E-state index contributed by atoms with van der Waals surface area (Å²) < 4.78 is 10.8. The summed E-state index contributed by atoms with van der Waals surface area (Å²) in [4.78, 5) is 18.8. The maximum atomic E-state index is 12.6. The predicted molar refractivity (Wildman–Crippen MR) is 96.0 cm³/mol. The van der Waals surface area contributed by atoms with Gasteiger partial charge < -0.3 is 19.7 Å². The SMILES string of the molecule is CNc1cc([C@@H]2CCCN2C(=O)COc2ccc(OC)cc2)ccn1. The Morgan fingerprint density at radius 2 is 2.04 bits per heavy atom. The van der Waals surface area contributed by atoms with E-state index in [1.54, 1.807) is 25.4 Å². The van der Waals surface area contributed by atoms with Crippen LogP contribution in [0.3, 0.4) is 0 Å². The van der Waals surface area contributed by atoms with Crippen LogP contribution in [-0.4, -0.2) is 43.1 Å². The number of ether oxygens (including phenoxy) is 2. The maximum Gasteiger partial charge on any atom is 0.261 e. The molecule has 1 aromatic heterocycles. The highest BCUT2D eigenvalue weighted by Crippen LogP contribution is 2.32. The highest BCUT2D eigenvalue weighted by atomic mass is 16.5. The van der Waals surface area contributed by atoms with E-state index in [0.717, 1.165) is 36.5 Å². The van der Waals surface area contributed by atoms with Crippen LogP contribution < -0.4 is 14.8 Å². The van der Waals surface area contributed by atoms with Gasteiger partial charge in [-0.3, -0.25) is 4.79 Å². The normalized spacial score (nSPS) is 16.6. The first-order chi connectivity index (χ1) is 12.2. The third-order valence-electron chi connectivity index (χ3n) is 4.42. The number of amides is 1. The molecule has 1 atom stereocenters. The minimum Gasteiger partial charge on any atom is -0.497 e. The van der Waals surface area contributed by atoms with Crippen LogP contribution in [0.25, 0.3) is 0 Å². The van der Waals surface area contributed by atoms with Crippen molar-refractivity contribution >= 4 is 11.7 Å². The number of nitrogens with zero attached hydrogens (tertiary/aromatic N) is 2. The van der Waals surface area contributed by atoms with Crippen LogP contribution in [-0.2, 0) is 4.79 Å². The second-order valence-corrected chi connectivity index (χ2v) is 5.93. The van der Waals surface area contributed by atoms with Crippen molar-refractivity contribution in [1.82, 2.24) is 9.88 Å². The molecule has 2 aromatic rings. The Balaban J connectivity index is 1.63. The number of hydrogen-bond acceptors (Lipinski definition) is 5. The van der Waals surface area contributed by atoms with Gasteiger partial charge in [0.15, 0.2) is 6.61 Å². The van der Waals surface area contributed by atoms with Gasteiger partial charge in [-0.1, -0.05) is 0 Å². The van der Waals surface area contributed by atoms with E-state index in [4.69, 9.17) is 9.47 Å². The molecule has 1 N–H and O–H groups in total. The molecule has 0 spiro atoms. The first-order valence-electron chi connectivity index (χ1n) is 8.41. The molecule has 6 nitrogen and oxygen atoms in total. The van der Waals surface area contributed by atoms with Gasteiger partial charge in [-0.2, -0.15) is 0 Å². The van der Waals surface area contributed by atoms with E-state index < -0.39 is 0 Å². The number of carbonyl (C=O) groups is 1. The van der Waals surface area contributed by atoms with E-state index in [2.05, 4.69) is 10.3 Å². The van der Waals surface area contributed by atoms with Gasteiger partial charge in [-0.15, -0.1) is 0 Å². The fraction of sp³-hybridized carbons (Fsp3) is 0.368. The molecule has 0 radical (unpaired) electrons. The number of benzene rings is 1. The third-order valence-corrected chi connectivity index (χ3v) is 4.42. The average Bonchev–Trinajstić information content (AvgIpc) is 3.16. The molecular weight excluding hydrogens is 318 g/mol. The van der Waals surface area contributed by atoms with Crippen LogP contribution in [0.2, 0.25) is 0 Å². The number of nitrogens with one attached hydrogen (secondary N) is 1. The first kappa shape index (κ1) is 17.1. The van der Waals surface area contributed by atoms with Crippen molar-refractivity contribution in [3.8, 4) is 11.5 Å². The molecule has 132 valence electrons. The second kappa shape index (κ2) is 7.88. The minimum absolute atomic E-state index is 0.00105. The summed E-state index contributed by atoms with van der Waals surface area (Å²) in [6, 6.07) is 11.3. The number of hydrogen-bond donors (Lipinski definition) is 1. The Labute approximate surface area is 147 Å². The molecule has 0 aliphatic carbocycles. The lowest BCUT2D eigenvalue weighted by atomic mass is 10.1. The van der Waals surface area contributed by atoms with E-state index in [9.17, 15) is 4.79 Å². The van der Waals surface area contributed by atoms with E-state index >= 15 is 0 Å². The van der Waals surface area contributed by atoms with Crippen molar-refractivity contribution in [2.24, 2.45) is 0 Å². The van der Waals surface area contributed by atoms with Crippen LogP contribution >= 0.6 is 0 Å². The van der Waals surface area contributed by atoms with Gasteiger partial charge >= 0.3 is 0 Å². The quantitative estimate of drug-likeness (QED) is 0.875. The Morgan fingerprint density at radius 3 is 2.76 bits per heavy atom. The largest absolute Gasteiger partial charge is 0.497 e. The molecule has 1 amide bonds. The van der Waals surface area contributed by atoms with Crippen molar-refractivity contribution in [2.45, 2.75) is 18.9 Å². The van der Waals surface area contributed by atoms with Crippen LogP contribution in [0.4, 0.5) is 5.82 Å². The van der Waals surface area contributed by atoms with Gasteiger partial charge in [0.05, 0.1) is 13.2 Å². The molecule has 3 rings (SSSR count). The highest BCUT2D eigenvalue weighted by molar-refractivity contribution is 5.78. The maximum absolute atomic E-state index is 12.6. The predicted octanol–water partition coefficient (Wildman–Crippen LogP) is 2.87. The molecule has 1 aliphatic rings. The highest BCUT2D eigenvalue weighted by Gasteiger charge is 2.30. The zero-order valence-corrected chi connectivity index (χ0v) is 14.6. The van der Waals surface area contributed by atoms with E-state index in [1.165, 1.54) is 0 Å². The van der Waals surface area contributed by atoms with Crippen LogP contribution in [0.1, 0.15) is 24.4 Å². The van der Waals surface area contributed by atoms with Gasteiger partial charge in [0.2, 0.25) is 0 Å². The monoisotopic (exact) mass is 341 g/mol. The molecule has 0 bridgehead atoms.